The topological polar surface area (TPSA) is 73.0 Å². The first-order valence-electron chi connectivity index (χ1n) is 10.2. The number of alkyl halides is 3. The van der Waals surface area contributed by atoms with Gasteiger partial charge in [-0.05, 0) is 48.0 Å². The van der Waals surface area contributed by atoms with E-state index in [9.17, 15) is 18.0 Å². The zero-order chi connectivity index (χ0) is 25.0. The maximum absolute atomic E-state index is 13.0. The number of carbonyl (C=O) groups excluding carboxylic acids is 1. The van der Waals surface area contributed by atoms with Crippen molar-refractivity contribution >= 4 is 35.0 Å². The van der Waals surface area contributed by atoms with E-state index in [1.807, 2.05) is 4.57 Å². The molecule has 2 heterocycles. The summed E-state index contributed by atoms with van der Waals surface area (Å²) in [6, 6.07) is 13.0. The number of furan rings is 1. The van der Waals surface area contributed by atoms with E-state index in [2.05, 4.69) is 22.1 Å². The van der Waals surface area contributed by atoms with Gasteiger partial charge >= 0.3 is 6.18 Å². The molecular formula is C24H18ClF3N4O2S. The molecule has 0 spiro atoms. The van der Waals surface area contributed by atoms with E-state index in [0.717, 1.165) is 23.8 Å². The Bertz CT molecular complexity index is 1340. The van der Waals surface area contributed by atoms with E-state index in [1.165, 1.54) is 11.8 Å². The number of amides is 1. The second-order valence-corrected chi connectivity index (χ2v) is 8.66. The first-order chi connectivity index (χ1) is 16.8. The molecule has 0 saturated heterocycles. The minimum absolute atomic E-state index is 0.0110. The third kappa shape index (κ3) is 5.77. The molecule has 4 aromatic rings. The zero-order valence-corrected chi connectivity index (χ0v) is 19.6. The monoisotopic (exact) mass is 518 g/mol. The summed E-state index contributed by atoms with van der Waals surface area (Å²) in [7, 11) is 0. The molecule has 0 fully saturated rings. The van der Waals surface area contributed by atoms with Crippen LogP contribution in [0, 0.1) is 0 Å². The van der Waals surface area contributed by atoms with Crippen LogP contribution in [0.5, 0.6) is 0 Å². The first kappa shape index (κ1) is 24.6. The van der Waals surface area contributed by atoms with Crippen molar-refractivity contribution in [2.45, 2.75) is 23.6 Å². The molecule has 2 aromatic carbocycles. The van der Waals surface area contributed by atoms with Gasteiger partial charge < -0.3 is 9.73 Å². The van der Waals surface area contributed by atoms with Crippen molar-refractivity contribution in [2.75, 3.05) is 5.32 Å². The number of hydrogen-bond donors (Lipinski definition) is 1. The van der Waals surface area contributed by atoms with Gasteiger partial charge in [0.2, 0.25) is 5.82 Å². The lowest BCUT2D eigenvalue weighted by Gasteiger charge is -2.12. The molecule has 4 rings (SSSR count). The predicted molar refractivity (Wildman–Crippen MR) is 128 cm³/mol. The normalized spacial score (nSPS) is 11.4. The largest absolute Gasteiger partial charge is 0.461 e. The number of hydrogen-bond acceptors (Lipinski definition) is 5. The van der Waals surface area contributed by atoms with E-state index in [-0.39, 0.29) is 16.3 Å². The molecule has 180 valence electrons. The Morgan fingerprint density at radius 3 is 2.60 bits per heavy atom. The van der Waals surface area contributed by atoms with Crippen molar-refractivity contribution in [3.05, 3.63) is 95.2 Å². The third-order valence-corrected chi connectivity index (χ3v) is 6.26. The van der Waals surface area contributed by atoms with Crippen LogP contribution < -0.4 is 5.32 Å². The van der Waals surface area contributed by atoms with Gasteiger partial charge in [-0.25, -0.2) is 0 Å². The van der Waals surface area contributed by atoms with Gasteiger partial charge in [-0.15, -0.1) is 16.8 Å². The Labute approximate surface area is 207 Å². The quantitative estimate of drug-likeness (QED) is 0.202. The van der Waals surface area contributed by atoms with Crippen LogP contribution in [0.3, 0.4) is 0 Å². The molecule has 35 heavy (non-hydrogen) atoms. The molecule has 0 aliphatic rings. The summed E-state index contributed by atoms with van der Waals surface area (Å²) in [6.45, 7) is 4.28. The van der Waals surface area contributed by atoms with Crippen LogP contribution in [0.15, 0.2) is 83.1 Å². The number of thioether (sulfide) groups is 1. The molecule has 0 saturated carbocycles. The Kier molecular flexibility index (Phi) is 7.32. The Balaban J connectivity index is 1.43. The smallest absolute Gasteiger partial charge is 0.416 e. The van der Waals surface area contributed by atoms with Gasteiger partial charge in [0, 0.05) is 17.9 Å². The highest BCUT2D eigenvalue weighted by molar-refractivity contribution is 7.98. The van der Waals surface area contributed by atoms with Gasteiger partial charge in [0.25, 0.3) is 5.91 Å². The van der Waals surface area contributed by atoms with Crippen molar-refractivity contribution in [2.24, 2.45) is 0 Å². The number of nitrogens with zero attached hydrogens (tertiary/aromatic N) is 3. The molecule has 0 aliphatic carbocycles. The van der Waals surface area contributed by atoms with E-state index in [1.54, 1.807) is 48.7 Å². The highest BCUT2D eigenvalue weighted by atomic mass is 35.5. The lowest BCUT2D eigenvalue weighted by Crippen LogP contribution is -2.13. The minimum Gasteiger partial charge on any atom is -0.461 e. The minimum atomic E-state index is -4.54. The number of anilines is 1. The van der Waals surface area contributed by atoms with Crippen molar-refractivity contribution < 1.29 is 22.4 Å². The van der Waals surface area contributed by atoms with Crippen molar-refractivity contribution in [1.82, 2.24) is 14.8 Å². The van der Waals surface area contributed by atoms with Gasteiger partial charge in [-0.3, -0.25) is 9.36 Å². The molecule has 2 aromatic heterocycles. The number of rotatable bonds is 8. The Morgan fingerprint density at radius 2 is 1.94 bits per heavy atom. The highest BCUT2D eigenvalue weighted by Crippen LogP contribution is 2.34. The second-order valence-electron chi connectivity index (χ2n) is 7.31. The summed E-state index contributed by atoms with van der Waals surface area (Å²) in [6.07, 6.45) is -1.24. The molecular weight excluding hydrogens is 501 g/mol. The molecule has 1 N–H and O–H groups in total. The van der Waals surface area contributed by atoms with Crippen LogP contribution >= 0.6 is 23.4 Å². The molecule has 11 heteroatoms. The fourth-order valence-corrected chi connectivity index (χ4v) is 4.24. The molecule has 6 nitrogen and oxygen atoms in total. The standard InChI is InChI=1S/C24H18ClF3N4O2S/c1-2-11-32-21(20-4-3-12-34-20)30-31-23(32)35-14-15-5-7-16(8-6-15)22(33)29-19-13-17(24(26,27)28)9-10-18(19)25/h2-10,12-13H,1,11,14H2,(H,29,33). The number of carbonyl (C=O) groups is 1. The van der Waals surface area contributed by atoms with Crippen molar-refractivity contribution in [3.8, 4) is 11.6 Å². The fourth-order valence-electron chi connectivity index (χ4n) is 3.17. The summed E-state index contributed by atoms with van der Waals surface area (Å²) in [4.78, 5) is 12.6. The SMILES string of the molecule is C=CCn1c(SCc2ccc(C(=O)Nc3cc(C(F)(F)F)ccc3Cl)cc2)nnc1-c1ccco1. The lowest BCUT2D eigenvalue weighted by molar-refractivity contribution is -0.137. The molecule has 0 unspecified atom stereocenters. The average Bonchev–Trinajstić information content (AvgIpc) is 3.49. The number of halogens is 4. The van der Waals surface area contributed by atoms with Gasteiger partial charge in [0.15, 0.2) is 10.9 Å². The lowest BCUT2D eigenvalue weighted by atomic mass is 10.1. The van der Waals surface area contributed by atoms with E-state index in [4.69, 9.17) is 16.0 Å². The number of nitrogens with one attached hydrogen (secondary N) is 1. The fraction of sp³-hybridized carbons (Fsp3) is 0.125. The van der Waals surface area contributed by atoms with Crippen LogP contribution in [0.4, 0.5) is 18.9 Å². The maximum Gasteiger partial charge on any atom is 0.416 e. The number of benzene rings is 2. The van der Waals surface area contributed by atoms with Crippen molar-refractivity contribution in [3.63, 3.8) is 0 Å². The van der Waals surface area contributed by atoms with Gasteiger partial charge in [0.1, 0.15) is 0 Å². The predicted octanol–water partition coefficient (Wildman–Crippen LogP) is 6.94. The van der Waals surface area contributed by atoms with Gasteiger partial charge in [-0.1, -0.05) is 41.6 Å². The average molecular weight is 519 g/mol. The van der Waals surface area contributed by atoms with E-state index >= 15 is 0 Å². The van der Waals surface area contributed by atoms with E-state index < -0.39 is 17.6 Å². The van der Waals surface area contributed by atoms with Crippen LogP contribution in [-0.4, -0.2) is 20.7 Å². The highest BCUT2D eigenvalue weighted by Gasteiger charge is 2.31. The maximum atomic E-state index is 13.0. The van der Waals surface area contributed by atoms with E-state index in [0.29, 0.717) is 29.0 Å². The summed E-state index contributed by atoms with van der Waals surface area (Å²) in [5.41, 5.74) is 0.183. The molecule has 1 amide bonds. The summed E-state index contributed by atoms with van der Waals surface area (Å²) < 4.78 is 46.2. The second kappa shape index (κ2) is 10.4. The van der Waals surface area contributed by atoms with Crippen LogP contribution in [0.2, 0.25) is 5.02 Å². The van der Waals surface area contributed by atoms with Gasteiger partial charge in [0.05, 0.1) is 22.5 Å². The first-order valence-corrected chi connectivity index (χ1v) is 11.6. The Hall–Kier alpha value is -3.50. The summed E-state index contributed by atoms with van der Waals surface area (Å²) >= 11 is 7.42. The molecule has 0 aliphatic heterocycles. The molecule has 0 atom stereocenters. The van der Waals surface area contributed by atoms with Crippen LogP contribution in [-0.2, 0) is 18.5 Å². The van der Waals surface area contributed by atoms with Crippen LogP contribution in [0.1, 0.15) is 21.5 Å². The third-order valence-electron chi connectivity index (χ3n) is 4.90. The van der Waals surface area contributed by atoms with Crippen LogP contribution in [0.25, 0.3) is 11.6 Å². The molecule has 0 radical (unpaired) electrons. The number of aromatic nitrogens is 3. The van der Waals surface area contributed by atoms with Gasteiger partial charge in [-0.2, -0.15) is 13.2 Å². The van der Waals surface area contributed by atoms with Crippen molar-refractivity contribution in [1.29, 1.82) is 0 Å². The number of allylic oxidation sites excluding steroid dienone is 1. The summed E-state index contributed by atoms with van der Waals surface area (Å²) in [5, 5.41) is 11.6. The Morgan fingerprint density at radius 1 is 1.17 bits per heavy atom. The zero-order valence-electron chi connectivity index (χ0n) is 18.1. The summed E-state index contributed by atoms with van der Waals surface area (Å²) in [5.74, 6) is 1.17. The molecule has 0 bridgehead atoms.